The highest BCUT2D eigenvalue weighted by atomic mass is 16.4. The number of aromatic nitrogens is 1. The number of carboxylic acids is 1. The molecule has 0 saturated carbocycles. The minimum atomic E-state index is -1.06. The van der Waals surface area contributed by atoms with Crippen molar-refractivity contribution in [2.45, 2.75) is 25.8 Å². The average Bonchev–Trinajstić information content (AvgIpc) is 2.39. The number of amides is 1. The number of hydrogen-bond acceptors (Lipinski definition) is 5. The summed E-state index contributed by atoms with van der Waals surface area (Å²) in [6.07, 6.45) is 3.00. The number of piperidine rings is 1. The van der Waals surface area contributed by atoms with Gasteiger partial charge < -0.3 is 21.1 Å². The van der Waals surface area contributed by atoms with E-state index in [1.165, 1.54) is 19.2 Å². The monoisotopic (exact) mass is 278 g/mol. The molecule has 0 unspecified atom stereocenters. The molecule has 0 atom stereocenters. The third-order valence-corrected chi connectivity index (χ3v) is 3.38. The van der Waals surface area contributed by atoms with Gasteiger partial charge in [-0.3, -0.25) is 4.79 Å². The van der Waals surface area contributed by atoms with Gasteiger partial charge in [0, 0.05) is 26.1 Å². The Labute approximate surface area is 116 Å². The van der Waals surface area contributed by atoms with Gasteiger partial charge in [0.05, 0.1) is 17.4 Å². The number of nitrogens with one attached hydrogen (secondary N) is 1. The van der Waals surface area contributed by atoms with Gasteiger partial charge in [-0.25, -0.2) is 9.78 Å². The number of rotatable bonds is 3. The van der Waals surface area contributed by atoms with Crippen LogP contribution in [0.2, 0.25) is 0 Å². The molecule has 7 heteroatoms. The quantitative estimate of drug-likeness (QED) is 0.741. The van der Waals surface area contributed by atoms with Crippen LogP contribution >= 0.6 is 0 Å². The van der Waals surface area contributed by atoms with E-state index in [0.717, 1.165) is 25.9 Å². The van der Waals surface area contributed by atoms with E-state index in [2.05, 4.69) is 10.3 Å². The van der Waals surface area contributed by atoms with Crippen LogP contribution in [0.25, 0.3) is 0 Å². The highest BCUT2D eigenvalue weighted by Crippen LogP contribution is 2.21. The number of nitrogens with zero attached hydrogens (tertiary/aromatic N) is 2. The van der Waals surface area contributed by atoms with Gasteiger partial charge in [0.15, 0.2) is 0 Å². The van der Waals surface area contributed by atoms with E-state index in [-0.39, 0.29) is 23.2 Å². The lowest BCUT2D eigenvalue weighted by atomic mass is 10.0. The number of nitrogens with two attached hydrogens (primary N) is 1. The van der Waals surface area contributed by atoms with Crippen molar-refractivity contribution >= 4 is 23.4 Å². The molecule has 1 saturated heterocycles. The standard InChI is InChI=1S/C13H18N4O3/c1-8(18)16-9-2-4-17(5-3-9)12-6-10(13(19)20)11(14)7-15-12/h6-7,9H,2-5,14H2,1H3,(H,16,18)(H,19,20). The molecule has 0 bridgehead atoms. The molecule has 1 fully saturated rings. The van der Waals surface area contributed by atoms with Gasteiger partial charge in [-0.2, -0.15) is 0 Å². The normalized spacial score (nSPS) is 15.9. The Morgan fingerprint density at radius 2 is 2.10 bits per heavy atom. The Balaban J connectivity index is 2.05. The number of nitrogen functional groups attached to an aromatic ring is 1. The molecule has 4 N–H and O–H groups in total. The Kier molecular flexibility index (Phi) is 4.07. The first kappa shape index (κ1) is 14.1. The fourth-order valence-electron chi connectivity index (χ4n) is 2.35. The van der Waals surface area contributed by atoms with Crippen LogP contribution in [0.3, 0.4) is 0 Å². The Hall–Kier alpha value is -2.31. The van der Waals surface area contributed by atoms with E-state index in [1.807, 2.05) is 4.90 Å². The van der Waals surface area contributed by atoms with Crippen LogP contribution in [0, 0.1) is 0 Å². The van der Waals surface area contributed by atoms with Crippen LogP contribution < -0.4 is 16.0 Å². The summed E-state index contributed by atoms with van der Waals surface area (Å²) in [7, 11) is 0. The molecule has 1 aliphatic heterocycles. The van der Waals surface area contributed by atoms with Crippen molar-refractivity contribution in [3.63, 3.8) is 0 Å². The second kappa shape index (κ2) is 5.77. The minimum absolute atomic E-state index is 0.0257. The summed E-state index contributed by atoms with van der Waals surface area (Å²) in [5, 5.41) is 11.9. The molecular formula is C13H18N4O3. The highest BCUT2D eigenvalue weighted by molar-refractivity contribution is 5.94. The second-order valence-electron chi connectivity index (χ2n) is 4.90. The molecule has 20 heavy (non-hydrogen) atoms. The molecule has 2 rings (SSSR count). The average molecular weight is 278 g/mol. The number of aromatic carboxylic acids is 1. The first-order chi connectivity index (χ1) is 9.47. The first-order valence-corrected chi connectivity index (χ1v) is 6.48. The number of carbonyl (C=O) groups excluding carboxylic acids is 1. The summed E-state index contributed by atoms with van der Waals surface area (Å²) in [4.78, 5) is 28.2. The van der Waals surface area contributed by atoms with Crippen LogP contribution in [-0.2, 0) is 4.79 Å². The maximum atomic E-state index is 11.1. The van der Waals surface area contributed by atoms with Crippen molar-refractivity contribution in [3.8, 4) is 0 Å². The zero-order chi connectivity index (χ0) is 14.7. The molecular weight excluding hydrogens is 260 g/mol. The van der Waals surface area contributed by atoms with E-state index >= 15 is 0 Å². The summed E-state index contributed by atoms with van der Waals surface area (Å²) in [5.74, 6) is -0.473. The van der Waals surface area contributed by atoms with Crippen LogP contribution in [0.5, 0.6) is 0 Å². The van der Waals surface area contributed by atoms with E-state index in [0.29, 0.717) is 5.82 Å². The third-order valence-electron chi connectivity index (χ3n) is 3.38. The zero-order valence-corrected chi connectivity index (χ0v) is 11.3. The molecule has 1 aromatic heterocycles. The molecule has 0 aliphatic carbocycles. The number of pyridine rings is 1. The zero-order valence-electron chi connectivity index (χ0n) is 11.3. The highest BCUT2D eigenvalue weighted by Gasteiger charge is 2.21. The maximum Gasteiger partial charge on any atom is 0.337 e. The van der Waals surface area contributed by atoms with Gasteiger partial charge in [0.2, 0.25) is 5.91 Å². The largest absolute Gasteiger partial charge is 0.478 e. The van der Waals surface area contributed by atoms with Gasteiger partial charge >= 0.3 is 5.97 Å². The number of carbonyl (C=O) groups is 2. The van der Waals surface area contributed by atoms with E-state index in [9.17, 15) is 9.59 Å². The molecule has 1 aliphatic rings. The van der Waals surface area contributed by atoms with Crippen molar-refractivity contribution < 1.29 is 14.7 Å². The predicted molar refractivity (Wildman–Crippen MR) is 74.7 cm³/mol. The van der Waals surface area contributed by atoms with Gasteiger partial charge in [0.25, 0.3) is 0 Å². The van der Waals surface area contributed by atoms with E-state index < -0.39 is 5.97 Å². The predicted octanol–water partition coefficient (Wildman–Crippen LogP) is 0.467. The van der Waals surface area contributed by atoms with Crippen molar-refractivity contribution in [3.05, 3.63) is 17.8 Å². The molecule has 1 aromatic rings. The summed E-state index contributed by atoms with van der Waals surface area (Å²) < 4.78 is 0. The lowest BCUT2D eigenvalue weighted by molar-refractivity contribution is -0.119. The maximum absolute atomic E-state index is 11.1. The molecule has 108 valence electrons. The first-order valence-electron chi connectivity index (χ1n) is 6.48. The Morgan fingerprint density at radius 3 is 2.65 bits per heavy atom. The number of hydrogen-bond donors (Lipinski definition) is 3. The van der Waals surface area contributed by atoms with Gasteiger partial charge in [-0.1, -0.05) is 0 Å². The van der Waals surface area contributed by atoms with Crippen molar-refractivity contribution in [2.24, 2.45) is 0 Å². The summed E-state index contributed by atoms with van der Waals surface area (Å²) in [6.45, 7) is 2.95. The van der Waals surface area contributed by atoms with Crippen molar-refractivity contribution in [2.75, 3.05) is 23.7 Å². The molecule has 0 aromatic carbocycles. The van der Waals surface area contributed by atoms with Gasteiger partial charge in [-0.05, 0) is 18.9 Å². The molecule has 2 heterocycles. The summed E-state index contributed by atoms with van der Waals surface area (Å²) in [6, 6.07) is 1.67. The van der Waals surface area contributed by atoms with Crippen LogP contribution in [0.1, 0.15) is 30.1 Å². The SMILES string of the molecule is CC(=O)NC1CCN(c2cc(C(=O)O)c(N)cn2)CC1. The van der Waals surface area contributed by atoms with E-state index in [1.54, 1.807) is 0 Å². The fourth-order valence-corrected chi connectivity index (χ4v) is 2.35. The Morgan fingerprint density at radius 1 is 1.45 bits per heavy atom. The topological polar surface area (TPSA) is 109 Å². The summed E-state index contributed by atoms with van der Waals surface area (Å²) >= 11 is 0. The summed E-state index contributed by atoms with van der Waals surface area (Å²) in [5.41, 5.74) is 5.82. The van der Waals surface area contributed by atoms with Crippen LogP contribution in [-0.4, -0.2) is 41.1 Å². The number of carboxylic acid groups (broad SMARTS) is 1. The molecule has 1 amide bonds. The molecule has 0 spiro atoms. The third kappa shape index (κ3) is 3.17. The smallest absolute Gasteiger partial charge is 0.337 e. The van der Waals surface area contributed by atoms with Crippen molar-refractivity contribution in [1.29, 1.82) is 0 Å². The van der Waals surface area contributed by atoms with Crippen LogP contribution in [0.15, 0.2) is 12.3 Å². The van der Waals surface area contributed by atoms with Crippen LogP contribution in [0.4, 0.5) is 11.5 Å². The minimum Gasteiger partial charge on any atom is -0.478 e. The fraction of sp³-hybridized carbons (Fsp3) is 0.462. The van der Waals surface area contributed by atoms with Gasteiger partial charge in [-0.15, -0.1) is 0 Å². The van der Waals surface area contributed by atoms with Crippen molar-refractivity contribution in [1.82, 2.24) is 10.3 Å². The second-order valence-corrected chi connectivity index (χ2v) is 4.90. The Bertz CT molecular complexity index is 524. The molecule has 7 nitrogen and oxygen atoms in total. The van der Waals surface area contributed by atoms with E-state index in [4.69, 9.17) is 10.8 Å². The lowest BCUT2D eigenvalue weighted by Crippen LogP contribution is -2.44. The van der Waals surface area contributed by atoms with Gasteiger partial charge in [0.1, 0.15) is 5.82 Å². The molecule has 0 radical (unpaired) electrons. The lowest BCUT2D eigenvalue weighted by Gasteiger charge is -2.33. The number of anilines is 2.